The number of carbonyl (C=O) groups is 1. The van der Waals surface area contributed by atoms with Crippen molar-refractivity contribution in [2.45, 2.75) is 24.7 Å². The minimum absolute atomic E-state index is 0.00618. The normalized spacial score (nSPS) is 10.9. The van der Waals surface area contributed by atoms with Gasteiger partial charge in [-0.05, 0) is 77.0 Å². The van der Waals surface area contributed by atoms with E-state index in [0.717, 1.165) is 12.8 Å². The van der Waals surface area contributed by atoms with Crippen molar-refractivity contribution in [1.82, 2.24) is 15.3 Å². The number of hydrogen-bond acceptors (Lipinski definition) is 8. The van der Waals surface area contributed by atoms with E-state index >= 15 is 0 Å². The van der Waals surface area contributed by atoms with Gasteiger partial charge >= 0.3 is 0 Å². The molecule has 0 fully saturated rings. The molecule has 1 aromatic heterocycles. The predicted molar refractivity (Wildman–Crippen MR) is 144 cm³/mol. The summed E-state index contributed by atoms with van der Waals surface area (Å²) in [7, 11) is -2.48. The van der Waals surface area contributed by atoms with E-state index in [1.165, 1.54) is 43.8 Å². The zero-order valence-electron chi connectivity index (χ0n) is 19.4. The maximum atomic E-state index is 12.6. The third-order valence-electron chi connectivity index (χ3n) is 4.69. The zero-order valence-corrected chi connectivity index (χ0v) is 22.7. The molecule has 0 atom stereocenters. The van der Waals surface area contributed by atoms with Crippen molar-refractivity contribution < 1.29 is 22.7 Å². The molecule has 1 amide bonds. The van der Waals surface area contributed by atoms with E-state index in [-0.39, 0.29) is 21.7 Å². The summed E-state index contributed by atoms with van der Waals surface area (Å²) < 4.78 is 38.9. The Balaban J connectivity index is 1.58. The number of methoxy groups -OCH3 is 1. The highest BCUT2D eigenvalue weighted by Crippen LogP contribution is 2.26. The van der Waals surface area contributed by atoms with Crippen molar-refractivity contribution in [3.8, 4) is 11.6 Å². The molecule has 36 heavy (non-hydrogen) atoms. The molecule has 0 radical (unpaired) electrons. The van der Waals surface area contributed by atoms with Crippen molar-refractivity contribution in [1.29, 1.82) is 0 Å². The number of nitrogens with one attached hydrogen (secondary N) is 3. The van der Waals surface area contributed by atoms with Crippen molar-refractivity contribution >= 4 is 60.7 Å². The van der Waals surface area contributed by atoms with Crippen LogP contribution in [0.1, 0.15) is 30.1 Å². The number of carbonyl (C=O) groups excluding carboxylic acids is 1. The molecule has 0 spiro atoms. The highest BCUT2D eigenvalue weighted by atomic mass is 79.9. The molecule has 0 bridgehead atoms. The van der Waals surface area contributed by atoms with Crippen LogP contribution < -0.4 is 24.8 Å². The number of sulfonamides is 1. The number of rotatable bonds is 10. The molecule has 13 heteroatoms. The number of amides is 1. The van der Waals surface area contributed by atoms with Crippen LogP contribution in [0.3, 0.4) is 0 Å². The van der Waals surface area contributed by atoms with Crippen LogP contribution in [0.15, 0.2) is 64.2 Å². The summed E-state index contributed by atoms with van der Waals surface area (Å²) in [6.07, 6.45) is 3.15. The van der Waals surface area contributed by atoms with E-state index in [4.69, 9.17) is 21.7 Å². The predicted octanol–water partition coefficient (Wildman–Crippen LogP) is 4.35. The molecular weight excluding hydrogens is 570 g/mol. The largest absolute Gasteiger partial charge is 0.492 e. The number of ether oxygens (including phenoxy) is 2. The summed E-state index contributed by atoms with van der Waals surface area (Å²) in [6, 6.07) is 12.2. The summed E-state index contributed by atoms with van der Waals surface area (Å²) in [6.45, 7) is 2.68. The van der Waals surface area contributed by atoms with E-state index in [1.54, 1.807) is 18.2 Å². The summed E-state index contributed by atoms with van der Waals surface area (Å²) >= 11 is 8.64. The average molecular weight is 595 g/mol. The lowest BCUT2D eigenvalue weighted by Gasteiger charge is -2.12. The lowest BCUT2D eigenvalue weighted by molar-refractivity contribution is 0.0977. The monoisotopic (exact) mass is 593 g/mol. The van der Waals surface area contributed by atoms with Gasteiger partial charge in [0.25, 0.3) is 15.9 Å². The second kappa shape index (κ2) is 12.6. The number of aromatic nitrogens is 2. The molecule has 0 unspecified atom stereocenters. The topological polar surface area (TPSA) is 132 Å². The van der Waals surface area contributed by atoms with Gasteiger partial charge in [0.1, 0.15) is 17.9 Å². The molecule has 1 heterocycles. The SMILES string of the molecule is CCCCOc1ccc(C(=O)NC(=S)Nc2ccc(S(=O)(=O)Nc3cc(OC)ncn3)cc2)cc1Br. The van der Waals surface area contributed by atoms with Crippen LogP contribution in [0.5, 0.6) is 11.6 Å². The first kappa shape index (κ1) is 27.3. The quantitative estimate of drug-likeness (QED) is 0.232. The van der Waals surface area contributed by atoms with Crippen molar-refractivity contribution in [2.24, 2.45) is 0 Å². The third kappa shape index (κ3) is 7.60. The fourth-order valence-electron chi connectivity index (χ4n) is 2.84. The summed E-state index contributed by atoms with van der Waals surface area (Å²) in [5.74, 6) is 0.544. The van der Waals surface area contributed by atoms with Gasteiger partial charge in [-0.1, -0.05) is 13.3 Å². The highest BCUT2D eigenvalue weighted by molar-refractivity contribution is 9.10. The smallest absolute Gasteiger partial charge is 0.263 e. The zero-order chi connectivity index (χ0) is 26.1. The minimum Gasteiger partial charge on any atom is -0.492 e. The van der Waals surface area contributed by atoms with Crippen LogP contribution >= 0.6 is 28.1 Å². The average Bonchev–Trinajstić information content (AvgIpc) is 2.85. The molecule has 3 aromatic rings. The second-order valence-corrected chi connectivity index (χ2v) is 10.3. The van der Waals surface area contributed by atoms with Gasteiger partial charge in [-0.2, -0.15) is 0 Å². The van der Waals surface area contributed by atoms with E-state index in [2.05, 4.69) is 48.2 Å². The Hall–Kier alpha value is -3.29. The van der Waals surface area contributed by atoms with Crippen molar-refractivity contribution in [3.05, 3.63) is 64.9 Å². The van der Waals surface area contributed by atoms with E-state index in [0.29, 0.717) is 28.1 Å². The van der Waals surface area contributed by atoms with Crippen molar-refractivity contribution in [3.63, 3.8) is 0 Å². The second-order valence-electron chi connectivity index (χ2n) is 7.33. The van der Waals surface area contributed by atoms with Gasteiger partial charge < -0.3 is 14.8 Å². The van der Waals surface area contributed by atoms with Crippen LogP contribution in [0, 0.1) is 0 Å². The molecule has 2 aromatic carbocycles. The van der Waals surface area contributed by atoms with Gasteiger partial charge in [0.05, 0.1) is 23.1 Å². The van der Waals surface area contributed by atoms with Gasteiger partial charge in [-0.15, -0.1) is 0 Å². The fraction of sp³-hybridized carbons (Fsp3) is 0.217. The van der Waals surface area contributed by atoms with Crippen LogP contribution in [0.2, 0.25) is 0 Å². The Morgan fingerprint density at radius 3 is 2.53 bits per heavy atom. The lowest BCUT2D eigenvalue weighted by atomic mass is 10.2. The van der Waals surface area contributed by atoms with E-state index in [1.807, 2.05) is 0 Å². The summed E-state index contributed by atoms with van der Waals surface area (Å²) in [4.78, 5) is 20.3. The number of thiocarbonyl (C=S) groups is 1. The standard InChI is InChI=1S/C23H24BrN5O5S2/c1-3-4-11-34-19-10-5-15(12-18(19)24)22(30)28-23(35)27-16-6-8-17(9-7-16)36(31,32)29-20-13-21(33-2)26-14-25-20/h5-10,12-14H,3-4,11H2,1-2H3,(H,25,26,29)(H2,27,28,30,35). The minimum atomic E-state index is -3.89. The number of halogens is 1. The first-order valence-corrected chi connectivity index (χ1v) is 13.4. The number of hydrogen-bond donors (Lipinski definition) is 3. The third-order valence-corrected chi connectivity index (χ3v) is 6.88. The fourth-order valence-corrected chi connectivity index (χ4v) is 4.55. The number of anilines is 2. The molecule has 190 valence electrons. The Morgan fingerprint density at radius 1 is 1.11 bits per heavy atom. The van der Waals surface area contributed by atoms with Gasteiger partial charge in [-0.3, -0.25) is 14.8 Å². The van der Waals surface area contributed by atoms with E-state index in [9.17, 15) is 13.2 Å². The summed E-state index contributed by atoms with van der Waals surface area (Å²) in [5, 5.41) is 5.51. The molecule has 10 nitrogen and oxygen atoms in total. The molecule has 0 aliphatic heterocycles. The van der Waals surface area contributed by atoms with Crippen LogP contribution in [0.25, 0.3) is 0 Å². The van der Waals surface area contributed by atoms with Gasteiger partial charge in [0.15, 0.2) is 5.11 Å². The Labute approximate surface area is 223 Å². The van der Waals surface area contributed by atoms with Crippen LogP contribution in [-0.2, 0) is 10.0 Å². The molecule has 3 N–H and O–H groups in total. The number of benzene rings is 2. The Bertz CT molecular complexity index is 1340. The maximum Gasteiger partial charge on any atom is 0.263 e. The Morgan fingerprint density at radius 2 is 1.86 bits per heavy atom. The molecule has 3 rings (SSSR count). The van der Waals surface area contributed by atoms with Crippen LogP contribution in [0.4, 0.5) is 11.5 Å². The molecule has 0 saturated carbocycles. The highest BCUT2D eigenvalue weighted by Gasteiger charge is 2.16. The number of unbranched alkanes of at least 4 members (excludes halogenated alkanes) is 1. The molecule has 0 saturated heterocycles. The van der Waals surface area contributed by atoms with Crippen molar-refractivity contribution in [2.75, 3.05) is 23.8 Å². The summed E-state index contributed by atoms with van der Waals surface area (Å²) in [5.41, 5.74) is 0.881. The Kier molecular flexibility index (Phi) is 9.56. The lowest BCUT2D eigenvalue weighted by Crippen LogP contribution is -2.34. The number of nitrogens with zero attached hydrogens (tertiary/aromatic N) is 2. The van der Waals surface area contributed by atoms with E-state index < -0.39 is 15.9 Å². The van der Waals surface area contributed by atoms with Crippen LogP contribution in [-0.4, -0.2) is 43.1 Å². The molecular formula is C23H24BrN5O5S2. The van der Waals surface area contributed by atoms with Gasteiger partial charge in [-0.25, -0.2) is 18.4 Å². The first-order valence-electron chi connectivity index (χ1n) is 10.8. The van der Waals surface area contributed by atoms with Gasteiger partial charge in [0, 0.05) is 17.3 Å². The first-order chi connectivity index (χ1) is 17.2. The molecule has 0 aliphatic carbocycles. The molecule has 0 aliphatic rings. The maximum absolute atomic E-state index is 12.6. The van der Waals surface area contributed by atoms with Gasteiger partial charge in [0.2, 0.25) is 5.88 Å².